The molecule has 1 amide bonds. The van der Waals surface area contributed by atoms with Gasteiger partial charge in [0.2, 0.25) is 0 Å². The first kappa shape index (κ1) is 24.1. The van der Waals surface area contributed by atoms with Crippen molar-refractivity contribution in [3.8, 4) is 0 Å². The lowest BCUT2D eigenvalue weighted by Crippen LogP contribution is -2.39. The summed E-state index contributed by atoms with van der Waals surface area (Å²) in [4.78, 5) is 23.0. The lowest BCUT2D eigenvalue weighted by molar-refractivity contribution is -0.384. The molecule has 0 spiro atoms. The molecule has 0 radical (unpaired) electrons. The quantitative estimate of drug-likeness (QED) is 0.267. The van der Waals surface area contributed by atoms with Gasteiger partial charge in [0.1, 0.15) is 6.54 Å². The second-order valence-corrected chi connectivity index (χ2v) is 9.62. The number of amides is 1. The van der Waals surface area contributed by atoms with Gasteiger partial charge in [0.25, 0.3) is 21.6 Å². The lowest BCUT2D eigenvalue weighted by Gasteiger charge is -2.23. The Morgan fingerprint density at radius 3 is 2.21 bits per heavy atom. The third-order valence-corrected chi connectivity index (χ3v) is 6.89. The topological polar surface area (TPSA) is 122 Å². The molecule has 11 heteroatoms. The number of nitro groups is 1. The zero-order valence-electron chi connectivity index (χ0n) is 17.4. The van der Waals surface area contributed by atoms with Crippen LogP contribution in [0.1, 0.15) is 12.5 Å². The SMILES string of the molecule is C/C(=N/NC(=O)CN(c1ccc([N+](=O)[O-])cc1)S(=O)(=O)c1ccccc1)c1ccc(Br)cc1. The highest BCUT2D eigenvalue weighted by molar-refractivity contribution is 9.10. The van der Waals surface area contributed by atoms with E-state index in [-0.39, 0.29) is 16.3 Å². The molecule has 3 aromatic carbocycles. The fraction of sp³-hybridized carbons (Fsp3) is 0.0909. The van der Waals surface area contributed by atoms with Gasteiger partial charge in [-0.15, -0.1) is 0 Å². The zero-order valence-corrected chi connectivity index (χ0v) is 19.8. The summed E-state index contributed by atoms with van der Waals surface area (Å²) in [5.41, 5.74) is 3.59. The summed E-state index contributed by atoms with van der Waals surface area (Å²) in [6, 6.07) is 19.8. The summed E-state index contributed by atoms with van der Waals surface area (Å²) in [6.45, 7) is 1.13. The van der Waals surface area contributed by atoms with Crippen molar-refractivity contribution in [2.45, 2.75) is 11.8 Å². The molecule has 0 aliphatic carbocycles. The van der Waals surface area contributed by atoms with E-state index in [1.54, 1.807) is 25.1 Å². The Balaban J connectivity index is 1.87. The van der Waals surface area contributed by atoms with Crippen molar-refractivity contribution in [1.29, 1.82) is 0 Å². The third-order valence-electron chi connectivity index (χ3n) is 4.58. The van der Waals surface area contributed by atoms with Crippen molar-refractivity contribution >= 4 is 48.9 Å². The number of carbonyl (C=O) groups is 1. The molecule has 0 bridgehead atoms. The van der Waals surface area contributed by atoms with Crippen LogP contribution in [0.2, 0.25) is 0 Å². The molecule has 3 rings (SSSR count). The van der Waals surface area contributed by atoms with Crippen LogP contribution in [0.15, 0.2) is 93.3 Å². The number of halogens is 1. The minimum atomic E-state index is -4.13. The highest BCUT2D eigenvalue weighted by Gasteiger charge is 2.27. The Morgan fingerprint density at radius 2 is 1.64 bits per heavy atom. The molecule has 0 aromatic heterocycles. The average molecular weight is 531 g/mol. The number of benzene rings is 3. The van der Waals surface area contributed by atoms with Crippen LogP contribution in [0.3, 0.4) is 0 Å². The van der Waals surface area contributed by atoms with Gasteiger partial charge in [0.15, 0.2) is 0 Å². The maximum absolute atomic E-state index is 13.3. The summed E-state index contributed by atoms with van der Waals surface area (Å²) in [5.74, 6) is -0.677. The molecule has 0 fully saturated rings. The maximum atomic E-state index is 13.3. The van der Waals surface area contributed by atoms with Crippen molar-refractivity contribution in [2.75, 3.05) is 10.8 Å². The van der Waals surface area contributed by atoms with Gasteiger partial charge in [-0.25, -0.2) is 13.8 Å². The Labute approximate surface area is 199 Å². The molecule has 0 unspecified atom stereocenters. The van der Waals surface area contributed by atoms with Crippen molar-refractivity contribution in [2.24, 2.45) is 5.10 Å². The molecule has 9 nitrogen and oxygen atoms in total. The predicted octanol–water partition coefficient (Wildman–Crippen LogP) is 4.09. The van der Waals surface area contributed by atoms with E-state index in [1.807, 2.05) is 24.3 Å². The number of nitrogens with one attached hydrogen (secondary N) is 1. The van der Waals surface area contributed by atoms with Crippen LogP contribution in [0.4, 0.5) is 11.4 Å². The second-order valence-electron chi connectivity index (χ2n) is 6.84. The van der Waals surface area contributed by atoms with E-state index in [1.165, 1.54) is 36.4 Å². The molecule has 0 saturated carbocycles. The van der Waals surface area contributed by atoms with Crippen molar-refractivity contribution in [3.63, 3.8) is 0 Å². The van der Waals surface area contributed by atoms with E-state index in [0.29, 0.717) is 5.71 Å². The van der Waals surface area contributed by atoms with Gasteiger partial charge in [-0.2, -0.15) is 5.10 Å². The number of nitro benzene ring substituents is 1. The molecular weight excluding hydrogens is 512 g/mol. The number of hydrazone groups is 1. The number of rotatable bonds is 8. The van der Waals surface area contributed by atoms with Crippen molar-refractivity contribution in [1.82, 2.24) is 5.43 Å². The van der Waals surface area contributed by atoms with E-state index in [9.17, 15) is 23.3 Å². The van der Waals surface area contributed by atoms with Crippen LogP contribution >= 0.6 is 15.9 Å². The number of hydrogen-bond acceptors (Lipinski definition) is 6. The molecule has 170 valence electrons. The van der Waals surface area contributed by atoms with E-state index >= 15 is 0 Å². The van der Waals surface area contributed by atoms with Crippen LogP contribution in [-0.4, -0.2) is 31.5 Å². The summed E-state index contributed by atoms with van der Waals surface area (Å²) >= 11 is 3.35. The van der Waals surface area contributed by atoms with Crippen LogP contribution in [0.25, 0.3) is 0 Å². The van der Waals surface area contributed by atoms with Crippen LogP contribution in [0.5, 0.6) is 0 Å². The van der Waals surface area contributed by atoms with Gasteiger partial charge in [0.05, 0.1) is 21.2 Å². The number of nitrogens with zero attached hydrogens (tertiary/aromatic N) is 3. The molecule has 1 N–H and O–H groups in total. The normalized spacial score (nSPS) is 11.6. The van der Waals surface area contributed by atoms with Crippen LogP contribution < -0.4 is 9.73 Å². The number of sulfonamides is 1. The fourth-order valence-electron chi connectivity index (χ4n) is 2.84. The molecule has 3 aromatic rings. The Bertz CT molecular complexity index is 1280. The first-order chi connectivity index (χ1) is 15.7. The van der Waals surface area contributed by atoms with Gasteiger partial charge < -0.3 is 0 Å². The number of hydrogen-bond donors (Lipinski definition) is 1. The summed E-state index contributed by atoms with van der Waals surface area (Å²) in [5, 5.41) is 15.0. The Morgan fingerprint density at radius 1 is 1.03 bits per heavy atom. The Hall–Kier alpha value is -3.57. The number of non-ortho nitro benzene ring substituents is 1. The standard InChI is InChI=1S/C22H19BrN4O5S/c1-16(17-7-9-18(23)10-8-17)24-25-22(28)15-26(19-11-13-20(14-12-19)27(29)30)33(31,32)21-5-3-2-4-6-21/h2-14H,15H2,1H3,(H,25,28)/b24-16-. The highest BCUT2D eigenvalue weighted by Crippen LogP contribution is 2.25. The zero-order chi connectivity index (χ0) is 24.0. The smallest absolute Gasteiger partial charge is 0.269 e. The lowest BCUT2D eigenvalue weighted by atomic mass is 10.1. The summed E-state index contributed by atoms with van der Waals surface area (Å²) in [7, 11) is -4.13. The van der Waals surface area contributed by atoms with Gasteiger partial charge in [-0.05, 0) is 48.9 Å². The van der Waals surface area contributed by atoms with Crippen LogP contribution in [-0.2, 0) is 14.8 Å². The second kappa shape index (κ2) is 10.4. The molecule has 0 saturated heterocycles. The molecule has 33 heavy (non-hydrogen) atoms. The fourth-order valence-corrected chi connectivity index (χ4v) is 4.55. The molecule has 0 atom stereocenters. The summed E-state index contributed by atoms with van der Waals surface area (Å²) < 4.78 is 28.3. The van der Waals surface area contributed by atoms with Crippen molar-refractivity contribution in [3.05, 3.63) is 99.0 Å². The minimum Gasteiger partial charge on any atom is -0.271 e. The van der Waals surface area contributed by atoms with Crippen LogP contribution in [0, 0.1) is 10.1 Å². The maximum Gasteiger partial charge on any atom is 0.269 e. The van der Waals surface area contributed by atoms with Gasteiger partial charge in [-0.3, -0.25) is 19.2 Å². The molecular formula is C22H19BrN4O5S. The van der Waals surface area contributed by atoms with E-state index in [0.717, 1.165) is 14.3 Å². The summed E-state index contributed by atoms with van der Waals surface area (Å²) in [6.07, 6.45) is 0. The van der Waals surface area contributed by atoms with Crippen molar-refractivity contribution < 1.29 is 18.1 Å². The average Bonchev–Trinajstić information content (AvgIpc) is 2.82. The first-order valence-corrected chi connectivity index (χ1v) is 11.8. The minimum absolute atomic E-state index is 0.0225. The molecule has 0 aliphatic rings. The third kappa shape index (κ3) is 6.02. The van der Waals surface area contributed by atoms with E-state index < -0.39 is 27.4 Å². The monoisotopic (exact) mass is 530 g/mol. The first-order valence-electron chi connectivity index (χ1n) is 9.60. The van der Waals surface area contributed by atoms with Gasteiger partial charge in [-0.1, -0.05) is 46.3 Å². The number of anilines is 1. The van der Waals surface area contributed by atoms with Gasteiger partial charge in [0, 0.05) is 16.6 Å². The van der Waals surface area contributed by atoms with E-state index in [4.69, 9.17) is 0 Å². The number of carbonyl (C=O) groups excluding carboxylic acids is 1. The Kier molecular flexibility index (Phi) is 7.56. The molecule has 0 aliphatic heterocycles. The highest BCUT2D eigenvalue weighted by atomic mass is 79.9. The largest absolute Gasteiger partial charge is 0.271 e. The van der Waals surface area contributed by atoms with Gasteiger partial charge >= 0.3 is 0 Å². The predicted molar refractivity (Wildman–Crippen MR) is 129 cm³/mol. The molecule has 0 heterocycles. The van der Waals surface area contributed by atoms with E-state index in [2.05, 4.69) is 26.5 Å².